The lowest BCUT2D eigenvalue weighted by molar-refractivity contribution is 0.0704. The molecule has 0 spiro atoms. The first-order valence-electron chi connectivity index (χ1n) is 3.37. The van der Waals surface area contributed by atoms with Crippen LogP contribution < -0.4 is 0 Å². The van der Waals surface area contributed by atoms with Gasteiger partial charge < -0.3 is 5.11 Å². The molecule has 4 heteroatoms. The van der Waals surface area contributed by atoms with Gasteiger partial charge in [0.15, 0.2) is 0 Å². The number of fused-ring (bicyclic) bond motifs is 1. The van der Waals surface area contributed by atoms with Crippen molar-refractivity contribution in [3.05, 3.63) is 29.1 Å². The molecule has 0 saturated heterocycles. The Bertz CT molecular complexity index is 435. The Kier molecular flexibility index (Phi) is 1.55. The number of carbonyl (C=O) groups is 1. The van der Waals surface area contributed by atoms with Gasteiger partial charge in [-0.05, 0) is 17.6 Å². The molecule has 0 bridgehead atoms. The van der Waals surface area contributed by atoms with Gasteiger partial charge in [-0.15, -0.1) is 0 Å². The van der Waals surface area contributed by atoms with E-state index in [0.717, 1.165) is 22.4 Å². The highest BCUT2D eigenvalue weighted by atomic mass is 32.1. The number of hydrogen-bond acceptors (Lipinski definition) is 3. The summed E-state index contributed by atoms with van der Waals surface area (Å²) >= 11 is 1.02. The Hall–Kier alpha value is -1.42. The summed E-state index contributed by atoms with van der Waals surface area (Å²) in [4.78, 5) is 11.0. The summed E-state index contributed by atoms with van der Waals surface area (Å²) in [5, 5.41) is 9.46. The molecule has 1 aromatic carbocycles. The Labute approximate surface area is 72.4 Å². The van der Waals surface area contributed by atoms with Crippen molar-refractivity contribution in [2.75, 3.05) is 0 Å². The predicted octanol–water partition coefficient (Wildman–Crippen LogP) is 1.99. The van der Waals surface area contributed by atoms with Gasteiger partial charge in [0.2, 0.25) is 0 Å². The Balaban J connectivity index is 2.79. The smallest absolute Gasteiger partial charge is 0.348 e. The molecule has 12 heavy (non-hydrogen) atoms. The van der Waals surface area contributed by atoms with Gasteiger partial charge in [-0.1, -0.05) is 18.2 Å². The summed E-state index contributed by atoms with van der Waals surface area (Å²) in [7, 11) is 0. The third kappa shape index (κ3) is 0.967. The highest BCUT2D eigenvalue weighted by Crippen LogP contribution is 2.21. The van der Waals surface area contributed by atoms with E-state index in [9.17, 15) is 4.79 Å². The number of hydrogen-bond donors (Lipinski definition) is 1. The van der Waals surface area contributed by atoms with E-state index in [1.165, 1.54) is 0 Å². The van der Waals surface area contributed by atoms with Crippen LogP contribution in [0.1, 0.15) is 9.67 Å². The SMILES string of the molecule is O=C(O)c1snc2ccccc12. The highest BCUT2D eigenvalue weighted by molar-refractivity contribution is 7.09. The zero-order valence-electron chi connectivity index (χ0n) is 6.02. The van der Waals surface area contributed by atoms with Crippen LogP contribution in [0.2, 0.25) is 0 Å². The maximum atomic E-state index is 10.6. The van der Waals surface area contributed by atoms with Crippen LogP contribution in [-0.2, 0) is 0 Å². The summed E-state index contributed by atoms with van der Waals surface area (Å²) in [6.45, 7) is 0. The van der Waals surface area contributed by atoms with Crippen molar-refractivity contribution in [1.29, 1.82) is 0 Å². The van der Waals surface area contributed by atoms with E-state index in [4.69, 9.17) is 5.11 Å². The summed E-state index contributed by atoms with van der Waals surface area (Å²) in [6.07, 6.45) is 0. The number of rotatable bonds is 1. The lowest BCUT2D eigenvalue weighted by Crippen LogP contribution is -1.91. The fourth-order valence-electron chi connectivity index (χ4n) is 1.04. The Morgan fingerprint density at radius 3 is 2.92 bits per heavy atom. The summed E-state index contributed by atoms with van der Waals surface area (Å²) in [5.41, 5.74) is 0.750. The average molecular weight is 179 g/mol. The van der Waals surface area contributed by atoms with Gasteiger partial charge in [-0.3, -0.25) is 0 Å². The van der Waals surface area contributed by atoms with Crippen molar-refractivity contribution >= 4 is 28.4 Å². The minimum atomic E-state index is -0.909. The number of carboxylic acid groups (broad SMARTS) is 1. The van der Waals surface area contributed by atoms with Crippen molar-refractivity contribution < 1.29 is 9.90 Å². The second-order valence-electron chi connectivity index (χ2n) is 2.33. The van der Waals surface area contributed by atoms with E-state index in [0.29, 0.717) is 4.88 Å². The molecule has 0 aliphatic carbocycles. The topological polar surface area (TPSA) is 50.2 Å². The maximum absolute atomic E-state index is 10.6. The average Bonchev–Trinajstić information content (AvgIpc) is 2.47. The van der Waals surface area contributed by atoms with E-state index >= 15 is 0 Å². The molecule has 0 atom stereocenters. The monoisotopic (exact) mass is 179 g/mol. The van der Waals surface area contributed by atoms with Gasteiger partial charge in [0.1, 0.15) is 4.88 Å². The molecule has 0 aliphatic rings. The normalized spacial score (nSPS) is 10.3. The molecule has 0 unspecified atom stereocenters. The zero-order valence-corrected chi connectivity index (χ0v) is 6.84. The lowest BCUT2D eigenvalue weighted by atomic mass is 10.2. The third-order valence-corrected chi connectivity index (χ3v) is 2.44. The van der Waals surface area contributed by atoms with Crippen molar-refractivity contribution in [1.82, 2.24) is 4.37 Å². The van der Waals surface area contributed by atoms with Gasteiger partial charge in [0.25, 0.3) is 0 Å². The first kappa shape index (κ1) is 7.24. The van der Waals surface area contributed by atoms with Crippen LogP contribution in [0.4, 0.5) is 0 Å². The van der Waals surface area contributed by atoms with E-state index in [-0.39, 0.29) is 0 Å². The number of carboxylic acids is 1. The molecule has 3 nitrogen and oxygen atoms in total. The molecule has 0 aliphatic heterocycles. The quantitative estimate of drug-likeness (QED) is 0.728. The van der Waals surface area contributed by atoms with E-state index in [1.807, 2.05) is 12.1 Å². The van der Waals surface area contributed by atoms with Crippen molar-refractivity contribution in [2.24, 2.45) is 0 Å². The van der Waals surface area contributed by atoms with Gasteiger partial charge in [0.05, 0.1) is 5.52 Å². The third-order valence-electron chi connectivity index (χ3n) is 1.58. The van der Waals surface area contributed by atoms with E-state index in [2.05, 4.69) is 4.37 Å². The molecule has 0 saturated carbocycles. The van der Waals surface area contributed by atoms with Crippen LogP contribution in [0.15, 0.2) is 24.3 Å². The second-order valence-corrected chi connectivity index (χ2v) is 3.11. The maximum Gasteiger partial charge on any atom is 0.348 e. The predicted molar refractivity (Wildman–Crippen MR) is 46.6 cm³/mol. The molecule has 2 aromatic rings. The summed E-state index contributed by atoms with van der Waals surface area (Å²) in [5.74, 6) is -0.909. The molecule has 0 radical (unpaired) electrons. The van der Waals surface area contributed by atoms with Crippen LogP contribution >= 0.6 is 11.5 Å². The molecule has 1 N–H and O–H groups in total. The van der Waals surface area contributed by atoms with Crippen molar-refractivity contribution in [3.8, 4) is 0 Å². The number of aromatic nitrogens is 1. The minimum absolute atomic E-state index is 0.311. The molecule has 60 valence electrons. The molecule has 0 fully saturated rings. The standard InChI is InChI=1S/C8H5NO2S/c10-8(11)7-5-3-1-2-4-6(5)9-12-7/h1-4H,(H,10,11). The fourth-order valence-corrected chi connectivity index (χ4v) is 1.74. The van der Waals surface area contributed by atoms with Gasteiger partial charge >= 0.3 is 5.97 Å². The number of benzene rings is 1. The molecule has 0 amide bonds. The van der Waals surface area contributed by atoms with E-state index in [1.54, 1.807) is 12.1 Å². The van der Waals surface area contributed by atoms with Crippen LogP contribution in [-0.4, -0.2) is 15.4 Å². The van der Waals surface area contributed by atoms with Crippen LogP contribution in [0.25, 0.3) is 10.9 Å². The first-order valence-corrected chi connectivity index (χ1v) is 4.14. The molecule has 1 heterocycles. The van der Waals surface area contributed by atoms with Gasteiger partial charge in [-0.25, -0.2) is 4.79 Å². The zero-order chi connectivity index (χ0) is 8.55. The number of nitrogens with zero attached hydrogens (tertiary/aromatic N) is 1. The molecule has 1 aromatic heterocycles. The molecule has 2 rings (SSSR count). The van der Waals surface area contributed by atoms with Crippen LogP contribution in [0.3, 0.4) is 0 Å². The van der Waals surface area contributed by atoms with Gasteiger partial charge in [0, 0.05) is 5.39 Å². The van der Waals surface area contributed by atoms with Gasteiger partial charge in [-0.2, -0.15) is 4.37 Å². The van der Waals surface area contributed by atoms with Crippen LogP contribution in [0.5, 0.6) is 0 Å². The summed E-state index contributed by atoms with van der Waals surface area (Å²) in [6, 6.07) is 7.22. The fraction of sp³-hybridized carbons (Fsp3) is 0. The first-order chi connectivity index (χ1) is 5.79. The summed E-state index contributed by atoms with van der Waals surface area (Å²) < 4.78 is 4.00. The molecular formula is C8H5NO2S. The second kappa shape index (κ2) is 2.57. The molecular weight excluding hydrogens is 174 g/mol. The van der Waals surface area contributed by atoms with E-state index < -0.39 is 5.97 Å². The number of aromatic carboxylic acids is 1. The van der Waals surface area contributed by atoms with Crippen molar-refractivity contribution in [2.45, 2.75) is 0 Å². The lowest BCUT2D eigenvalue weighted by Gasteiger charge is -1.87. The van der Waals surface area contributed by atoms with Crippen LogP contribution in [0, 0.1) is 0 Å². The Morgan fingerprint density at radius 2 is 2.17 bits per heavy atom. The Morgan fingerprint density at radius 1 is 1.42 bits per heavy atom. The highest BCUT2D eigenvalue weighted by Gasteiger charge is 2.10. The van der Waals surface area contributed by atoms with Crippen molar-refractivity contribution in [3.63, 3.8) is 0 Å². The minimum Gasteiger partial charge on any atom is -0.477 e. The largest absolute Gasteiger partial charge is 0.477 e.